The Labute approximate surface area is 167 Å². The van der Waals surface area contributed by atoms with Crippen molar-refractivity contribution in [2.24, 2.45) is 0 Å². The van der Waals surface area contributed by atoms with Crippen LogP contribution in [0.5, 0.6) is 0 Å². The van der Waals surface area contributed by atoms with Gasteiger partial charge in [-0.25, -0.2) is 4.79 Å². The second-order valence-corrected chi connectivity index (χ2v) is 8.38. The summed E-state index contributed by atoms with van der Waals surface area (Å²) in [5.74, 6) is 0.446. The molecule has 2 heterocycles. The summed E-state index contributed by atoms with van der Waals surface area (Å²) >= 11 is 11.3. The molecule has 3 aromatic rings. The first-order valence-electron chi connectivity index (χ1n) is 7.95. The Balaban J connectivity index is 1.75. The molecule has 1 amide bonds. The third-order valence-electron chi connectivity index (χ3n) is 4.25. The summed E-state index contributed by atoms with van der Waals surface area (Å²) < 4.78 is 6.19. The zero-order chi connectivity index (χ0) is 18.3. The van der Waals surface area contributed by atoms with Gasteiger partial charge < -0.3 is 9.32 Å². The average molecular weight is 451 g/mol. The van der Waals surface area contributed by atoms with Crippen LogP contribution in [0.2, 0.25) is 5.02 Å². The van der Waals surface area contributed by atoms with Gasteiger partial charge in [-0.05, 0) is 30.3 Å². The lowest BCUT2D eigenvalue weighted by Crippen LogP contribution is -2.33. The summed E-state index contributed by atoms with van der Waals surface area (Å²) in [4.78, 5) is 27.1. The normalized spacial score (nSPS) is 17.0. The van der Waals surface area contributed by atoms with Crippen LogP contribution in [-0.2, 0) is 0 Å². The van der Waals surface area contributed by atoms with Crippen molar-refractivity contribution in [3.63, 3.8) is 0 Å². The molecule has 1 aliphatic heterocycles. The van der Waals surface area contributed by atoms with Gasteiger partial charge in [0.05, 0.1) is 0 Å². The minimum Gasteiger partial charge on any atom is -0.422 e. The summed E-state index contributed by atoms with van der Waals surface area (Å²) in [6.45, 7) is 0.551. The maximum Gasteiger partial charge on any atom is 0.349 e. The van der Waals surface area contributed by atoms with Crippen LogP contribution >= 0.6 is 39.3 Å². The molecular formula is C19H13BrClNO3S. The van der Waals surface area contributed by atoms with Crippen LogP contribution in [0.15, 0.2) is 62.2 Å². The van der Waals surface area contributed by atoms with Gasteiger partial charge in [0.25, 0.3) is 5.91 Å². The molecule has 1 aliphatic rings. The summed E-state index contributed by atoms with van der Waals surface area (Å²) in [5.41, 5.74) is 0.737. The first-order chi connectivity index (χ1) is 12.5. The molecule has 0 N–H and O–H groups in total. The van der Waals surface area contributed by atoms with Gasteiger partial charge in [-0.15, -0.1) is 11.8 Å². The van der Waals surface area contributed by atoms with E-state index in [2.05, 4.69) is 15.9 Å². The Hall–Kier alpha value is -1.76. The highest BCUT2D eigenvalue weighted by Crippen LogP contribution is 2.41. The zero-order valence-corrected chi connectivity index (χ0v) is 16.6. The fourth-order valence-corrected chi connectivity index (χ4v) is 4.98. The van der Waals surface area contributed by atoms with Crippen molar-refractivity contribution in [1.29, 1.82) is 0 Å². The molecule has 0 radical (unpaired) electrons. The molecule has 7 heteroatoms. The van der Waals surface area contributed by atoms with Crippen LogP contribution in [0.1, 0.15) is 21.3 Å². The number of halogens is 2. The molecule has 1 saturated heterocycles. The number of rotatable bonds is 2. The standard InChI is InChI=1S/C19H13BrClNO3S/c20-12-5-6-16-11(9-12)10-14(19(24)25-16)17(23)22-7-8-26-18(22)13-3-1-2-4-15(13)21/h1-6,9-10,18H,7-8H2. The molecule has 132 valence electrons. The van der Waals surface area contributed by atoms with Crippen molar-refractivity contribution < 1.29 is 9.21 Å². The molecular weight excluding hydrogens is 438 g/mol. The van der Waals surface area contributed by atoms with E-state index < -0.39 is 5.63 Å². The third-order valence-corrected chi connectivity index (χ3v) is 6.33. The highest BCUT2D eigenvalue weighted by atomic mass is 79.9. The van der Waals surface area contributed by atoms with Crippen LogP contribution < -0.4 is 5.63 Å². The number of nitrogens with zero attached hydrogens (tertiary/aromatic N) is 1. The molecule has 4 nitrogen and oxygen atoms in total. The van der Waals surface area contributed by atoms with E-state index in [0.717, 1.165) is 15.8 Å². The smallest absolute Gasteiger partial charge is 0.349 e. The third kappa shape index (κ3) is 3.17. The summed E-state index contributed by atoms with van der Waals surface area (Å²) in [6.07, 6.45) is 0. The van der Waals surface area contributed by atoms with Crippen molar-refractivity contribution in [2.45, 2.75) is 5.37 Å². The van der Waals surface area contributed by atoms with E-state index in [-0.39, 0.29) is 16.8 Å². The number of amides is 1. The summed E-state index contributed by atoms with van der Waals surface area (Å²) in [6, 6.07) is 14.4. The van der Waals surface area contributed by atoms with E-state index in [9.17, 15) is 9.59 Å². The van der Waals surface area contributed by atoms with Crippen molar-refractivity contribution in [1.82, 2.24) is 4.90 Å². The maximum atomic E-state index is 13.1. The first-order valence-corrected chi connectivity index (χ1v) is 10.2. The predicted molar refractivity (Wildman–Crippen MR) is 108 cm³/mol. The van der Waals surface area contributed by atoms with Gasteiger partial charge in [0, 0.05) is 32.7 Å². The van der Waals surface area contributed by atoms with Gasteiger partial charge in [0.1, 0.15) is 16.5 Å². The topological polar surface area (TPSA) is 50.5 Å². The average Bonchev–Trinajstić information content (AvgIpc) is 3.11. The highest BCUT2D eigenvalue weighted by molar-refractivity contribution is 9.10. The Kier molecular flexibility index (Phi) is 4.82. The fourth-order valence-electron chi connectivity index (χ4n) is 3.01. The lowest BCUT2D eigenvalue weighted by Gasteiger charge is -2.24. The number of benzene rings is 2. The number of fused-ring (bicyclic) bond motifs is 1. The second-order valence-electron chi connectivity index (χ2n) is 5.87. The molecule has 2 aromatic carbocycles. The van der Waals surface area contributed by atoms with Gasteiger partial charge in [-0.3, -0.25) is 4.79 Å². The van der Waals surface area contributed by atoms with Crippen molar-refractivity contribution >= 4 is 56.2 Å². The van der Waals surface area contributed by atoms with Crippen LogP contribution in [0.25, 0.3) is 11.0 Å². The summed E-state index contributed by atoms with van der Waals surface area (Å²) in [5, 5.41) is 1.09. The lowest BCUT2D eigenvalue weighted by molar-refractivity contribution is 0.0756. The van der Waals surface area contributed by atoms with E-state index in [0.29, 0.717) is 22.5 Å². The van der Waals surface area contributed by atoms with Crippen molar-refractivity contribution in [3.8, 4) is 0 Å². The fraction of sp³-hybridized carbons (Fsp3) is 0.158. The number of hydrogen-bond donors (Lipinski definition) is 0. The lowest BCUT2D eigenvalue weighted by atomic mass is 10.1. The minimum absolute atomic E-state index is 0.0372. The van der Waals surface area contributed by atoms with Gasteiger partial charge in [-0.1, -0.05) is 45.7 Å². The Bertz CT molecular complexity index is 1070. The molecule has 0 spiro atoms. The number of carbonyl (C=O) groups excluding carboxylic acids is 1. The quantitative estimate of drug-likeness (QED) is 0.510. The zero-order valence-electron chi connectivity index (χ0n) is 13.4. The van der Waals surface area contributed by atoms with E-state index in [1.165, 1.54) is 0 Å². The molecule has 0 saturated carbocycles. The van der Waals surface area contributed by atoms with Crippen molar-refractivity contribution in [2.75, 3.05) is 12.3 Å². The molecule has 1 unspecified atom stereocenters. The molecule has 4 rings (SSSR count). The Morgan fingerprint density at radius 3 is 2.85 bits per heavy atom. The van der Waals surface area contributed by atoms with Gasteiger partial charge in [-0.2, -0.15) is 0 Å². The number of carbonyl (C=O) groups is 1. The van der Waals surface area contributed by atoms with Crippen LogP contribution in [0.4, 0.5) is 0 Å². The van der Waals surface area contributed by atoms with Gasteiger partial charge >= 0.3 is 5.63 Å². The Morgan fingerprint density at radius 1 is 1.23 bits per heavy atom. The second kappa shape index (κ2) is 7.10. The van der Waals surface area contributed by atoms with E-state index in [1.54, 1.807) is 40.9 Å². The van der Waals surface area contributed by atoms with Crippen molar-refractivity contribution in [3.05, 3.63) is 79.6 Å². The number of thioether (sulfide) groups is 1. The molecule has 0 aliphatic carbocycles. The minimum atomic E-state index is -0.625. The summed E-state index contributed by atoms with van der Waals surface area (Å²) in [7, 11) is 0. The van der Waals surface area contributed by atoms with E-state index in [4.69, 9.17) is 16.0 Å². The molecule has 1 aromatic heterocycles. The monoisotopic (exact) mass is 449 g/mol. The van der Waals surface area contributed by atoms with Gasteiger partial charge in [0.2, 0.25) is 0 Å². The molecule has 1 atom stereocenters. The predicted octanol–water partition coefficient (Wildman–Crippen LogP) is 5.10. The van der Waals surface area contributed by atoms with E-state index >= 15 is 0 Å². The largest absolute Gasteiger partial charge is 0.422 e. The molecule has 0 bridgehead atoms. The Morgan fingerprint density at radius 2 is 2.04 bits per heavy atom. The van der Waals surface area contributed by atoms with E-state index in [1.807, 2.05) is 24.3 Å². The first kappa shape index (κ1) is 17.6. The number of hydrogen-bond acceptors (Lipinski definition) is 4. The van der Waals surface area contributed by atoms with Gasteiger partial charge in [0.15, 0.2) is 0 Å². The van der Waals surface area contributed by atoms with Crippen LogP contribution in [-0.4, -0.2) is 23.1 Å². The van der Waals surface area contributed by atoms with Crippen LogP contribution in [0.3, 0.4) is 0 Å². The molecule has 26 heavy (non-hydrogen) atoms. The van der Waals surface area contributed by atoms with Crippen LogP contribution in [0, 0.1) is 0 Å². The maximum absolute atomic E-state index is 13.1. The molecule has 1 fully saturated rings. The highest BCUT2D eigenvalue weighted by Gasteiger charge is 2.33. The SMILES string of the molecule is O=C(c1cc2cc(Br)ccc2oc1=O)N1CCSC1c1ccccc1Cl.